The maximum absolute atomic E-state index is 13.4. The molecule has 1 saturated heterocycles. The van der Waals surface area contributed by atoms with Crippen LogP contribution in [0.4, 0.5) is 0 Å². The van der Waals surface area contributed by atoms with E-state index in [-0.39, 0.29) is 12.5 Å². The van der Waals surface area contributed by atoms with E-state index in [0.29, 0.717) is 42.2 Å². The Morgan fingerprint density at radius 2 is 1.95 bits per heavy atom. The number of carboxylic acid groups (broad SMARTS) is 1. The minimum atomic E-state index is -1.27. The second kappa shape index (κ2) is 11.7. The van der Waals surface area contributed by atoms with Crippen LogP contribution in [0.25, 0.3) is 10.9 Å². The highest BCUT2D eigenvalue weighted by Gasteiger charge is 2.28. The van der Waals surface area contributed by atoms with E-state index in [2.05, 4.69) is 25.8 Å². The fourth-order valence-electron chi connectivity index (χ4n) is 5.70. The molecule has 12 heteroatoms. The van der Waals surface area contributed by atoms with Crippen molar-refractivity contribution in [2.75, 3.05) is 26.2 Å². The summed E-state index contributed by atoms with van der Waals surface area (Å²) < 4.78 is 0. The molecule has 0 spiro atoms. The van der Waals surface area contributed by atoms with Crippen LogP contribution in [0.15, 0.2) is 35.5 Å². The summed E-state index contributed by atoms with van der Waals surface area (Å²) >= 11 is 0. The van der Waals surface area contributed by atoms with E-state index in [9.17, 15) is 19.5 Å². The van der Waals surface area contributed by atoms with Crippen molar-refractivity contribution in [1.29, 1.82) is 5.26 Å². The van der Waals surface area contributed by atoms with E-state index >= 15 is 0 Å². The van der Waals surface area contributed by atoms with Crippen LogP contribution in [0.3, 0.4) is 0 Å². The highest BCUT2D eigenvalue weighted by molar-refractivity contribution is 6.00. The maximum Gasteiger partial charge on any atom is 0.328 e. The lowest BCUT2D eigenvalue weighted by molar-refractivity contribution is -0.138. The molecule has 3 heterocycles. The smallest absolute Gasteiger partial charge is 0.328 e. The van der Waals surface area contributed by atoms with Crippen molar-refractivity contribution in [3.05, 3.63) is 63.8 Å². The number of aromatic nitrogens is 2. The highest BCUT2D eigenvalue weighted by atomic mass is 16.4. The molecular weight excluding hydrogens is 524 g/mol. The number of aliphatic carboxylic acids is 1. The van der Waals surface area contributed by atoms with Crippen molar-refractivity contribution in [2.24, 2.45) is 4.99 Å². The Morgan fingerprint density at radius 3 is 2.68 bits per heavy atom. The molecule has 3 aromatic rings. The molecule has 1 atom stereocenters. The van der Waals surface area contributed by atoms with Crippen LogP contribution in [0.5, 0.6) is 0 Å². The van der Waals surface area contributed by atoms with Crippen molar-refractivity contribution in [2.45, 2.75) is 45.7 Å². The van der Waals surface area contributed by atoms with Gasteiger partial charge < -0.3 is 20.2 Å². The number of amides is 2. The predicted octanol–water partition coefficient (Wildman–Crippen LogP) is 2.08. The summed E-state index contributed by atoms with van der Waals surface area (Å²) in [5.74, 6) is -1.47. The normalized spacial score (nSPS) is 15.8. The van der Waals surface area contributed by atoms with Gasteiger partial charge in [0.2, 0.25) is 5.96 Å². The van der Waals surface area contributed by atoms with Crippen molar-refractivity contribution < 1.29 is 19.5 Å². The lowest BCUT2D eigenvalue weighted by Gasteiger charge is -2.31. The van der Waals surface area contributed by atoms with E-state index in [1.807, 2.05) is 37.1 Å². The molecule has 0 bridgehead atoms. The number of H-pyrrole nitrogens is 1. The Kier molecular flexibility index (Phi) is 7.87. The Balaban J connectivity index is 1.32. The summed E-state index contributed by atoms with van der Waals surface area (Å²) in [5, 5.41) is 31.9. The molecule has 2 aliphatic heterocycles. The first-order valence-electron chi connectivity index (χ1n) is 13.6. The second-order valence-corrected chi connectivity index (χ2v) is 10.4. The van der Waals surface area contributed by atoms with Gasteiger partial charge >= 0.3 is 5.97 Å². The molecule has 2 aliphatic rings. The fraction of sp³-hybridized carbons (Fsp3) is 0.379. The number of carbonyl (C=O) groups excluding carboxylic acids is 2. The van der Waals surface area contributed by atoms with Crippen LogP contribution in [0, 0.1) is 25.3 Å². The molecule has 0 aliphatic carbocycles. The summed E-state index contributed by atoms with van der Waals surface area (Å²) in [5.41, 5.74) is 5.25. The SMILES string of the molecule is Cc1cc2c(c(C)c1C(=O)N[C@@H](CN=C(NC#N)N1CCCC1)C(=O)O)CCN(C(=O)c1ccc3cn[nH]c3c1)C2. The number of guanidine groups is 1. The van der Waals surface area contributed by atoms with E-state index < -0.39 is 17.9 Å². The maximum atomic E-state index is 13.4. The number of aryl methyl sites for hydroxylation is 1. The summed E-state index contributed by atoms with van der Waals surface area (Å²) in [7, 11) is 0. The molecule has 2 aromatic carbocycles. The first kappa shape index (κ1) is 27.6. The average molecular weight is 557 g/mol. The number of benzene rings is 2. The van der Waals surface area contributed by atoms with Gasteiger partial charge in [-0.3, -0.25) is 20.0 Å². The van der Waals surface area contributed by atoms with Gasteiger partial charge in [-0.1, -0.05) is 12.1 Å². The Bertz CT molecular complexity index is 1580. The zero-order chi connectivity index (χ0) is 29.1. The Morgan fingerprint density at radius 1 is 1.17 bits per heavy atom. The second-order valence-electron chi connectivity index (χ2n) is 10.4. The van der Waals surface area contributed by atoms with Crippen molar-refractivity contribution in [1.82, 2.24) is 30.6 Å². The molecule has 12 nitrogen and oxygen atoms in total. The first-order valence-corrected chi connectivity index (χ1v) is 13.6. The average Bonchev–Trinajstić information content (AvgIpc) is 3.66. The lowest BCUT2D eigenvalue weighted by atomic mass is 9.88. The van der Waals surface area contributed by atoms with Gasteiger partial charge in [0.15, 0.2) is 6.19 Å². The van der Waals surface area contributed by atoms with Crippen LogP contribution in [-0.4, -0.2) is 81.1 Å². The van der Waals surface area contributed by atoms with Crippen molar-refractivity contribution in [3.8, 4) is 6.19 Å². The van der Waals surface area contributed by atoms with Crippen LogP contribution < -0.4 is 10.6 Å². The number of nitriles is 1. The number of nitrogens with one attached hydrogen (secondary N) is 3. The van der Waals surface area contributed by atoms with E-state index in [0.717, 1.165) is 53.5 Å². The number of hydrogen-bond donors (Lipinski definition) is 4. The van der Waals surface area contributed by atoms with Gasteiger partial charge in [0.1, 0.15) is 6.04 Å². The zero-order valence-electron chi connectivity index (χ0n) is 23.0. The predicted molar refractivity (Wildman–Crippen MR) is 151 cm³/mol. The van der Waals surface area contributed by atoms with Gasteiger partial charge in [0, 0.05) is 42.7 Å². The van der Waals surface area contributed by atoms with E-state index in [1.54, 1.807) is 23.2 Å². The van der Waals surface area contributed by atoms with Crippen LogP contribution >= 0.6 is 0 Å². The van der Waals surface area contributed by atoms with Crippen LogP contribution in [0.1, 0.15) is 55.8 Å². The fourth-order valence-corrected chi connectivity index (χ4v) is 5.70. The van der Waals surface area contributed by atoms with Gasteiger partial charge in [-0.15, -0.1) is 0 Å². The minimum Gasteiger partial charge on any atom is -0.480 e. The lowest BCUT2D eigenvalue weighted by Crippen LogP contribution is -2.45. The van der Waals surface area contributed by atoms with Crippen molar-refractivity contribution >= 4 is 34.6 Å². The molecule has 4 N–H and O–H groups in total. The van der Waals surface area contributed by atoms with Crippen LogP contribution in [-0.2, 0) is 17.8 Å². The molecule has 41 heavy (non-hydrogen) atoms. The number of fused-ring (bicyclic) bond motifs is 2. The summed E-state index contributed by atoms with van der Waals surface area (Å²) in [6, 6.07) is 6.11. The largest absolute Gasteiger partial charge is 0.480 e. The van der Waals surface area contributed by atoms with Gasteiger partial charge in [-0.25, -0.2) is 9.79 Å². The number of rotatable bonds is 6. The number of aromatic amines is 1. The monoisotopic (exact) mass is 556 g/mol. The van der Waals surface area contributed by atoms with E-state index in [4.69, 9.17) is 5.26 Å². The molecule has 1 aromatic heterocycles. The topological polar surface area (TPSA) is 167 Å². The third-order valence-corrected chi connectivity index (χ3v) is 7.80. The molecule has 2 amide bonds. The summed E-state index contributed by atoms with van der Waals surface area (Å²) in [4.78, 5) is 46.7. The van der Waals surface area contributed by atoms with Gasteiger partial charge in [-0.05, 0) is 67.5 Å². The Hall–Kier alpha value is -4.92. The summed E-state index contributed by atoms with van der Waals surface area (Å²) in [6.07, 6.45) is 6.07. The minimum absolute atomic E-state index is 0.0756. The van der Waals surface area contributed by atoms with Gasteiger partial charge in [0.05, 0.1) is 18.3 Å². The van der Waals surface area contributed by atoms with Crippen molar-refractivity contribution in [3.63, 3.8) is 0 Å². The third kappa shape index (κ3) is 5.70. The third-order valence-electron chi connectivity index (χ3n) is 7.80. The molecule has 5 rings (SSSR count). The molecule has 1 fully saturated rings. The number of nitrogens with zero attached hydrogens (tertiary/aromatic N) is 5. The molecular formula is C29H32N8O4. The summed E-state index contributed by atoms with van der Waals surface area (Å²) in [6.45, 7) is 5.82. The zero-order valence-corrected chi connectivity index (χ0v) is 23.0. The number of hydrogen-bond acceptors (Lipinski definition) is 6. The molecule has 0 unspecified atom stereocenters. The molecule has 212 valence electrons. The first-order chi connectivity index (χ1) is 19.8. The van der Waals surface area contributed by atoms with Gasteiger partial charge in [-0.2, -0.15) is 10.4 Å². The number of likely N-dealkylation sites (tertiary alicyclic amines) is 1. The quantitative estimate of drug-likeness (QED) is 0.155. The van der Waals surface area contributed by atoms with Gasteiger partial charge in [0.25, 0.3) is 11.8 Å². The number of carboxylic acids is 1. The Labute approximate surface area is 237 Å². The standard InChI is InChI=1S/C29H32N8O4/c1-17-11-21-15-37(27(39)19-5-6-20-13-33-35-23(20)12-19)10-7-22(21)18(2)25(17)26(38)34-24(28(40)41)14-31-29(32-16-30)36-8-3-4-9-36/h5-6,11-13,24H,3-4,7-10,14-15H2,1-2H3,(H,31,32)(H,33,35)(H,34,38)(H,40,41)/t24-/m0/s1. The highest BCUT2D eigenvalue weighted by Crippen LogP contribution is 2.29. The number of aliphatic imine (C=N–C) groups is 1. The molecule has 0 radical (unpaired) electrons. The van der Waals surface area contributed by atoms with Crippen LogP contribution in [0.2, 0.25) is 0 Å². The van der Waals surface area contributed by atoms with E-state index in [1.165, 1.54) is 0 Å². The number of carbonyl (C=O) groups is 3. The molecule has 0 saturated carbocycles.